The van der Waals surface area contributed by atoms with Crippen LogP contribution in [0.5, 0.6) is 11.5 Å². The molecule has 0 aliphatic carbocycles. The largest absolute Gasteiger partial charge is 0.496 e. The molecule has 1 N–H and O–H groups in total. The molecule has 0 saturated carbocycles. The van der Waals surface area contributed by atoms with E-state index in [0.29, 0.717) is 12.3 Å². The number of amides is 1. The van der Waals surface area contributed by atoms with Gasteiger partial charge in [0, 0.05) is 24.3 Å². The molecule has 0 aliphatic rings. The zero-order valence-electron chi connectivity index (χ0n) is 17.6. The summed E-state index contributed by atoms with van der Waals surface area (Å²) in [6.45, 7) is 2.41. The second-order valence-corrected chi connectivity index (χ2v) is 7.26. The van der Waals surface area contributed by atoms with E-state index in [1.807, 2.05) is 61.7 Å². The van der Waals surface area contributed by atoms with Crippen LogP contribution < -0.4 is 14.8 Å². The van der Waals surface area contributed by atoms with Gasteiger partial charge in [0.2, 0.25) is 0 Å². The van der Waals surface area contributed by atoms with Crippen LogP contribution in [0, 0.1) is 6.92 Å². The molecule has 0 unspecified atom stereocenters. The van der Waals surface area contributed by atoms with Gasteiger partial charge in [0.15, 0.2) is 6.61 Å². The fourth-order valence-electron chi connectivity index (χ4n) is 3.61. The highest BCUT2D eigenvalue weighted by Crippen LogP contribution is 2.32. The van der Waals surface area contributed by atoms with Crippen LogP contribution in [0.4, 0.5) is 0 Å². The Morgan fingerprint density at radius 2 is 1.84 bits per heavy atom. The van der Waals surface area contributed by atoms with E-state index in [0.717, 1.165) is 38.8 Å². The topological polar surface area (TPSA) is 60.5 Å². The maximum Gasteiger partial charge on any atom is 0.258 e. The molecule has 31 heavy (non-hydrogen) atoms. The lowest BCUT2D eigenvalue weighted by atomic mass is 9.95. The number of carbonyl (C=O) groups is 1. The van der Waals surface area contributed by atoms with Crippen molar-refractivity contribution < 1.29 is 14.3 Å². The number of rotatable bonds is 7. The number of pyridine rings is 1. The molecular formula is C26H24N2O3. The summed E-state index contributed by atoms with van der Waals surface area (Å²) in [4.78, 5) is 16.5. The average molecular weight is 412 g/mol. The van der Waals surface area contributed by atoms with Gasteiger partial charge < -0.3 is 14.8 Å². The Morgan fingerprint density at radius 3 is 2.61 bits per heavy atom. The van der Waals surface area contributed by atoms with Crippen molar-refractivity contribution in [2.45, 2.75) is 13.5 Å². The van der Waals surface area contributed by atoms with E-state index < -0.39 is 0 Å². The van der Waals surface area contributed by atoms with Gasteiger partial charge in [-0.3, -0.25) is 9.78 Å². The van der Waals surface area contributed by atoms with Crippen LogP contribution in [0.15, 0.2) is 79.1 Å². The first-order valence-electron chi connectivity index (χ1n) is 10.1. The molecule has 0 radical (unpaired) electrons. The average Bonchev–Trinajstić information content (AvgIpc) is 2.81. The van der Waals surface area contributed by atoms with Gasteiger partial charge in [-0.15, -0.1) is 0 Å². The highest BCUT2D eigenvalue weighted by molar-refractivity contribution is 5.98. The van der Waals surface area contributed by atoms with Gasteiger partial charge in [0.1, 0.15) is 11.5 Å². The summed E-state index contributed by atoms with van der Waals surface area (Å²) in [6.07, 6.45) is 3.63. The predicted octanol–water partition coefficient (Wildman–Crippen LogP) is 4.91. The Bertz CT molecular complexity index is 1210. The minimum Gasteiger partial charge on any atom is -0.496 e. The van der Waals surface area contributed by atoms with Crippen molar-refractivity contribution in [3.05, 3.63) is 90.3 Å². The van der Waals surface area contributed by atoms with Gasteiger partial charge in [0.05, 0.1) is 7.11 Å². The zero-order chi connectivity index (χ0) is 21.6. The van der Waals surface area contributed by atoms with Crippen molar-refractivity contribution in [1.29, 1.82) is 0 Å². The number of fused-ring (bicyclic) bond motifs is 1. The fourth-order valence-corrected chi connectivity index (χ4v) is 3.61. The third kappa shape index (κ3) is 4.67. The molecule has 0 atom stereocenters. The number of carbonyl (C=O) groups excluding carboxylic acids is 1. The lowest BCUT2D eigenvalue weighted by Crippen LogP contribution is -2.28. The van der Waals surface area contributed by atoms with Crippen molar-refractivity contribution in [3.8, 4) is 22.6 Å². The van der Waals surface area contributed by atoms with Crippen LogP contribution in [0.25, 0.3) is 21.9 Å². The summed E-state index contributed by atoms with van der Waals surface area (Å²) in [7, 11) is 1.68. The van der Waals surface area contributed by atoms with Crippen molar-refractivity contribution in [2.24, 2.45) is 0 Å². The van der Waals surface area contributed by atoms with Crippen LogP contribution >= 0.6 is 0 Å². The summed E-state index contributed by atoms with van der Waals surface area (Å²) in [5.74, 6) is 1.37. The maximum atomic E-state index is 12.2. The summed E-state index contributed by atoms with van der Waals surface area (Å²) in [5, 5.41) is 5.04. The second kappa shape index (κ2) is 9.30. The van der Waals surface area contributed by atoms with Crippen LogP contribution in [0.2, 0.25) is 0 Å². The number of benzene rings is 3. The first-order chi connectivity index (χ1) is 15.2. The Hall–Kier alpha value is -3.86. The minimum absolute atomic E-state index is 0.0244. The van der Waals surface area contributed by atoms with Crippen molar-refractivity contribution in [3.63, 3.8) is 0 Å². The molecule has 156 valence electrons. The van der Waals surface area contributed by atoms with E-state index in [1.54, 1.807) is 13.3 Å². The Morgan fingerprint density at radius 1 is 1.00 bits per heavy atom. The quantitative estimate of drug-likeness (QED) is 0.468. The normalized spacial score (nSPS) is 10.6. The molecule has 0 fully saturated rings. The standard InChI is InChI=1S/C26H24N2O3/c1-18-14-19(9-11-25(18)30-2)22-10-8-20(24-16-27-13-12-23(22)24)15-28-26(29)17-31-21-6-4-3-5-7-21/h3-14,16H,15,17H2,1-2H3,(H,28,29). The molecule has 0 bridgehead atoms. The molecule has 0 spiro atoms. The van der Waals surface area contributed by atoms with Crippen LogP contribution in [0.1, 0.15) is 11.1 Å². The molecule has 3 aromatic carbocycles. The molecule has 4 rings (SSSR count). The lowest BCUT2D eigenvalue weighted by Gasteiger charge is -2.14. The molecule has 1 heterocycles. The molecule has 4 aromatic rings. The highest BCUT2D eigenvalue weighted by Gasteiger charge is 2.11. The zero-order valence-corrected chi connectivity index (χ0v) is 17.6. The monoisotopic (exact) mass is 412 g/mol. The smallest absolute Gasteiger partial charge is 0.258 e. The number of hydrogen-bond donors (Lipinski definition) is 1. The molecule has 0 saturated heterocycles. The maximum absolute atomic E-state index is 12.2. The van der Waals surface area contributed by atoms with E-state index >= 15 is 0 Å². The number of methoxy groups -OCH3 is 1. The second-order valence-electron chi connectivity index (χ2n) is 7.26. The number of ether oxygens (including phenoxy) is 2. The molecule has 5 heteroatoms. The van der Waals surface area contributed by atoms with Crippen LogP contribution in [-0.2, 0) is 11.3 Å². The molecule has 0 aliphatic heterocycles. The van der Waals surface area contributed by atoms with Gasteiger partial charge in [-0.05, 0) is 64.9 Å². The third-order valence-electron chi connectivity index (χ3n) is 5.20. The predicted molar refractivity (Wildman–Crippen MR) is 122 cm³/mol. The van der Waals surface area contributed by atoms with Crippen molar-refractivity contribution >= 4 is 16.7 Å². The molecule has 1 aromatic heterocycles. The van der Waals surface area contributed by atoms with E-state index in [4.69, 9.17) is 9.47 Å². The van der Waals surface area contributed by atoms with Gasteiger partial charge in [0.25, 0.3) is 5.91 Å². The Balaban J connectivity index is 1.53. The third-order valence-corrected chi connectivity index (χ3v) is 5.20. The first-order valence-corrected chi connectivity index (χ1v) is 10.1. The first kappa shape index (κ1) is 20.4. The van der Waals surface area contributed by atoms with Gasteiger partial charge in [-0.25, -0.2) is 0 Å². The molecular weight excluding hydrogens is 388 g/mol. The Labute approximate surface area is 181 Å². The number of aromatic nitrogens is 1. The van der Waals surface area contributed by atoms with Gasteiger partial charge in [-0.1, -0.05) is 36.4 Å². The SMILES string of the molecule is COc1ccc(-c2ccc(CNC(=O)COc3ccccc3)c3cnccc23)cc1C. The number of nitrogens with zero attached hydrogens (tertiary/aromatic N) is 1. The van der Waals surface area contributed by atoms with Crippen molar-refractivity contribution in [1.82, 2.24) is 10.3 Å². The number of nitrogens with one attached hydrogen (secondary N) is 1. The fraction of sp³-hybridized carbons (Fsp3) is 0.154. The summed E-state index contributed by atoms with van der Waals surface area (Å²) >= 11 is 0. The van der Waals surface area contributed by atoms with E-state index in [-0.39, 0.29) is 12.5 Å². The van der Waals surface area contributed by atoms with Gasteiger partial charge in [-0.2, -0.15) is 0 Å². The summed E-state index contributed by atoms with van der Waals surface area (Å²) in [6, 6.07) is 21.6. The van der Waals surface area contributed by atoms with E-state index in [1.165, 1.54) is 0 Å². The van der Waals surface area contributed by atoms with Crippen molar-refractivity contribution in [2.75, 3.05) is 13.7 Å². The molecule has 1 amide bonds. The Kier molecular flexibility index (Phi) is 6.13. The van der Waals surface area contributed by atoms with E-state index in [2.05, 4.69) is 28.5 Å². The highest BCUT2D eigenvalue weighted by atomic mass is 16.5. The summed E-state index contributed by atoms with van der Waals surface area (Å²) in [5.41, 5.74) is 4.31. The molecule has 5 nitrogen and oxygen atoms in total. The van der Waals surface area contributed by atoms with Gasteiger partial charge >= 0.3 is 0 Å². The number of hydrogen-bond acceptors (Lipinski definition) is 4. The number of aryl methyl sites for hydroxylation is 1. The minimum atomic E-state index is -0.171. The summed E-state index contributed by atoms with van der Waals surface area (Å²) < 4.78 is 10.9. The van der Waals surface area contributed by atoms with E-state index in [9.17, 15) is 4.79 Å². The number of para-hydroxylation sites is 1. The lowest BCUT2D eigenvalue weighted by molar-refractivity contribution is -0.123. The van der Waals surface area contributed by atoms with Crippen LogP contribution in [0.3, 0.4) is 0 Å². The van der Waals surface area contributed by atoms with Crippen LogP contribution in [-0.4, -0.2) is 24.6 Å².